The molecule has 4 aromatic carbocycles. The second-order valence-electron chi connectivity index (χ2n) is 12.0. The molecule has 1 aromatic heterocycles. The zero-order valence-electron chi connectivity index (χ0n) is 33.9. The van der Waals surface area contributed by atoms with Gasteiger partial charge >= 0.3 is 34.1 Å². The maximum atomic E-state index is 7.32. The van der Waals surface area contributed by atoms with Crippen LogP contribution in [0.2, 0.25) is 0 Å². The molecule has 55 heavy (non-hydrogen) atoms. The molecule has 0 aliphatic heterocycles. The second kappa shape index (κ2) is 33.2. The van der Waals surface area contributed by atoms with Crippen LogP contribution in [0, 0.1) is 11.3 Å². The van der Waals surface area contributed by atoms with Gasteiger partial charge in [-0.05, 0) is 83.1 Å². The standard InChI is InChI=1S/C13H9N2S.C12H10S2.2C8H20N.C2H3N.2Fe.2S/c16-12-8-4-1-5-9(12)13-14-10-6-2-3-7-11(10)15-13;13-11-7-3-1-5-9(11)10-6-2-4-8-12(10)14;2*1-5-9(6-2,7-3)8-4;1-2-3;;;;/h1-8H,(H-,14,15,16);1-8,13-14H;2*5-8H2,1-4H3;1H3;;;;/q-1;;2*+1;;2*+3;2*-2/p-3. The Balaban J connectivity index is -0.000000309. The van der Waals surface area contributed by atoms with Crippen molar-refractivity contribution in [3.8, 4) is 28.6 Å². The average molecular weight is 918 g/mol. The first-order valence-electron chi connectivity index (χ1n) is 18.2. The molecule has 0 spiro atoms. The smallest absolute Gasteiger partial charge is 2.00 e. The van der Waals surface area contributed by atoms with Crippen LogP contribution in [0.1, 0.15) is 62.3 Å². The van der Waals surface area contributed by atoms with Gasteiger partial charge in [0, 0.05) is 6.92 Å². The molecular weight excluding hydrogens is 859 g/mol. The Hall–Kier alpha value is -1.84. The quantitative estimate of drug-likeness (QED) is 0.0791. The zero-order chi connectivity index (χ0) is 38.3. The van der Waals surface area contributed by atoms with Gasteiger partial charge < -0.3 is 83.8 Å². The number of fused-ring (bicyclic) bond motifs is 1. The molecule has 0 atom stereocenters. The molecule has 0 fully saturated rings. The summed E-state index contributed by atoms with van der Waals surface area (Å²) < 4.78 is 2.56. The van der Waals surface area contributed by atoms with Crippen molar-refractivity contribution >= 4 is 75.9 Å². The summed E-state index contributed by atoms with van der Waals surface area (Å²) in [7, 11) is 0. The van der Waals surface area contributed by atoms with Gasteiger partial charge in [-0.15, -0.1) is 0 Å². The molecule has 2 radical (unpaired) electrons. The monoisotopic (exact) mass is 917 g/mol. The van der Waals surface area contributed by atoms with Gasteiger partial charge in [0.2, 0.25) is 0 Å². The molecule has 0 saturated heterocycles. The molecular formula is C43H59Fe2N5S5. The number of quaternary nitrogens is 2. The van der Waals surface area contributed by atoms with E-state index in [4.69, 9.17) is 43.1 Å². The number of rotatable bonds is 10. The SMILES string of the molecule is CC#N.CC[N+](CC)(CC)CC.CC[N+](CC)(CC)CC.[Fe+3].[Fe+3].[S-2].[S-2].[S-]c1ccccc1-c1ccccc1[S-].[S-]c1ccccc1-c1nc2ccccc2[n-]1. The summed E-state index contributed by atoms with van der Waals surface area (Å²) in [6.07, 6.45) is 0. The Morgan fingerprint density at radius 3 is 1.05 bits per heavy atom. The molecule has 0 bridgehead atoms. The zero-order valence-corrected chi connectivity index (χ0v) is 40.2. The Kier molecular flexibility index (Phi) is 36.1. The molecule has 302 valence electrons. The molecule has 0 unspecified atom stereocenters. The summed E-state index contributed by atoms with van der Waals surface area (Å²) in [6.45, 7) is 29.9. The maximum absolute atomic E-state index is 7.32. The van der Waals surface area contributed by atoms with Crippen molar-refractivity contribution in [3.63, 3.8) is 0 Å². The number of imidazole rings is 1. The van der Waals surface area contributed by atoms with Gasteiger partial charge in [-0.1, -0.05) is 103 Å². The minimum atomic E-state index is 0. The Bertz CT molecular complexity index is 1610. The van der Waals surface area contributed by atoms with Gasteiger partial charge in [-0.2, -0.15) is 19.9 Å². The van der Waals surface area contributed by atoms with Crippen molar-refractivity contribution in [3.05, 3.63) is 97.1 Å². The summed E-state index contributed by atoms with van der Waals surface area (Å²) in [5, 5.41) is 7.32. The maximum Gasteiger partial charge on any atom is 3.00 e. The number of aromatic nitrogens is 2. The number of benzene rings is 4. The first-order chi connectivity index (χ1) is 24.5. The van der Waals surface area contributed by atoms with E-state index in [1.165, 1.54) is 68.2 Å². The number of hydrogen-bond acceptors (Lipinski definition) is 5. The third kappa shape index (κ3) is 19.4. The van der Waals surface area contributed by atoms with E-state index in [0.717, 1.165) is 42.4 Å². The summed E-state index contributed by atoms with van der Waals surface area (Å²) in [5.41, 5.74) is 4.85. The number of nitrogens with zero attached hydrogens (tertiary/aromatic N) is 5. The Labute approximate surface area is 386 Å². The average Bonchev–Trinajstić information content (AvgIpc) is 3.60. The van der Waals surface area contributed by atoms with E-state index >= 15 is 0 Å². The topological polar surface area (TPSA) is 50.8 Å². The van der Waals surface area contributed by atoms with Crippen LogP contribution in [0.15, 0.2) is 112 Å². The van der Waals surface area contributed by atoms with Gasteiger partial charge in [0.05, 0.1) is 58.4 Å². The van der Waals surface area contributed by atoms with E-state index in [0.29, 0.717) is 5.82 Å². The normalized spacial score (nSPS) is 9.75. The van der Waals surface area contributed by atoms with Crippen LogP contribution < -0.4 is 4.98 Å². The molecule has 5 aromatic rings. The number of hydrogen-bond donors (Lipinski definition) is 0. The molecule has 12 heteroatoms. The van der Waals surface area contributed by atoms with Crippen LogP contribution in [0.5, 0.6) is 0 Å². The van der Waals surface area contributed by atoms with E-state index < -0.39 is 0 Å². The first-order valence-corrected chi connectivity index (χ1v) is 19.5. The minimum absolute atomic E-state index is 0. The second-order valence-corrected chi connectivity index (χ2v) is 13.3. The van der Waals surface area contributed by atoms with Crippen molar-refractivity contribution in [1.29, 1.82) is 5.26 Å². The largest absolute Gasteiger partial charge is 3.00 e. The summed E-state index contributed by atoms with van der Waals surface area (Å²) >= 11 is 15.8. The fourth-order valence-electron chi connectivity index (χ4n) is 5.74. The fourth-order valence-corrected chi connectivity index (χ4v) is 6.49. The molecule has 0 aliphatic carbocycles. The van der Waals surface area contributed by atoms with E-state index in [2.05, 4.69) is 65.4 Å². The van der Waals surface area contributed by atoms with Crippen LogP contribution in [-0.4, -0.2) is 66.3 Å². The van der Waals surface area contributed by atoms with Gasteiger partial charge in [0.25, 0.3) is 0 Å². The molecule has 1 heterocycles. The number of nitriles is 1. The van der Waals surface area contributed by atoms with Crippen LogP contribution in [0.25, 0.3) is 33.5 Å². The van der Waals surface area contributed by atoms with Gasteiger partial charge in [0.1, 0.15) is 0 Å². The summed E-state index contributed by atoms with van der Waals surface area (Å²) in [5.74, 6) is 0.715. The van der Waals surface area contributed by atoms with Gasteiger partial charge in [-0.25, -0.2) is 0 Å². The van der Waals surface area contributed by atoms with Crippen LogP contribution >= 0.6 is 0 Å². The van der Waals surface area contributed by atoms with E-state index in [-0.39, 0.29) is 61.1 Å². The molecule has 0 amide bonds. The molecule has 0 N–H and O–H groups in total. The van der Waals surface area contributed by atoms with Crippen molar-refractivity contribution in [1.82, 2.24) is 9.97 Å². The predicted octanol–water partition coefficient (Wildman–Crippen LogP) is 10.2. The van der Waals surface area contributed by atoms with Gasteiger partial charge in [0.15, 0.2) is 0 Å². The number of para-hydroxylation sites is 2. The Morgan fingerprint density at radius 2 is 0.782 bits per heavy atom. The van der Waals surface area contributed by atoms with Crippen molar-refractivity contribution in [2.45, 2.75) is 77.0 Å². The molecule has 0 saturated carbocycles. The van der Waals surface area contributed by atoms with E-state index in [9.17, 15) is 0 Å². The molecule has 5 nitrogen and oxygen atoms in total. The summed E-state index contributed by atoms with van der Waals surface area (Å²) in [4.78, 5) is 11.4. The van der Waals surface area contributed by atoms with Crippen LogP contribution in [0.4, 0.5) is 0 Å². The predicted molar refractivity (Wildman–Crippen MR) is 240 cm³/mol. The third-order valence-electron chi connectivity index (χ3n) is 9.89. The summed E-state index contributed by atoms with van der Waals surface area (Å²) in [6, 6.07) is 33.0. The van der Waals surface area contributed by atoms with Crippen molar-refractivity contribution < 1.29 is 43.1 Å². The van der Waals surface area contributed by atoms with E-state index in [1.54, 1.807) is 6.07 Å². The molecule has 5 rings (SSSR count). The minimum Gasteiger partial charge on any atom is -2.00 e. The third-order valence-corrected chi connectivity index (χ3v) is 11.0. The Morgan fingerprint density at radius 1 is 0.509 bits per heavy atom. The first kappa shape index (κ1) is 59.8. The van der Waals surface area contributed by atoms with Crippen molar-refractivity contribution in [2.75, 3.05) is 52.4 Å². The molecule has 0 aliphatic rings. The van der Waals surface area contributed by atoms with Crippen LogP contribution in [-0.2, 0) is 99.0 Å². The fraction of sp³-hybridized carbons (Fsp3) is 0.395. The van der Waals surface area contributed by atoms with Gasteiger partial charge in [-0.3, -0.25) is 0 Å². The van der Waals surface area contributed by atoms with Crippen molar-refractivity contribution in [2.24, 2.45) is 0 Å². The van der Waals surface area contributed by atoms with Crippen LogP contribution in [0.3, 0.4) is 0 Å². The van der Waals surface area contributed by atoms with E-state index in [1.807, 2.05) is 97.1 Å².